The summed E-state index contributed by atoms with van der Waals surface area (Å²) in [6, 6.07) is 4.03. The van der Waals surface area contributed by atoms with Gasteiger partial charge in [-0.05, 0) is 24.4 Å². The van der Waals surface area contributed by atoms with E-state index in [0.717, 1.165) is 11.2 Å². The fraction of sp³-hybridized carbons (Fsp3) is 0.300. The summed E-state index contributed by atoms with van der Waals surface area (Å²) >= 11 is 1.69. The summed E-state index contributed by atoms with van der Waals surface area (Å²) in [5.41, 5.74) is 0. The molecule has 0 aliphatic heterocycles. The molecule has 2 heterocycles. The number of aromatic nitrogens is 1. The van der Waals surface area contributed by atoms with Crippen LogP contribution in [0.1, 0.15) is 6.92 Å². The quantitative estimate of drug-likeness (QED) is 0.811. The lowest BCUT2D eigenvalue weighted by atomic mass is 10.3. The molecule has 2 rings (SSSR count). The molecule has 0 bridgehead atoms. The van der Waals surface area contributed by atoms with Crippen LogP contribution >= 0.6 is 11.3 Å². The Labute approximate surface area is 86.4 Å². The van der Waals surface area contributed by atoms with Crippen LogP contribution in [-0.2, 0) is 0 Å². The Balaban J connectivity index is 2.27. The summed E-state index contributed by atoms with van der Waals surface area (Å²) in [5.74, 6) is 0.852. The summed E-state index contributed by atoms with van der Waals surface area (Å²) in [7, 11) is 0. The van der Waals surface area contributed by atoms with Crippen molar-refractivity contribution in [3.63, 3.8) is 0 Å². The van der Waals surface area contributed by atoms with Crippen molar-refractivity contribution >= 4 is 27.2 Å². The molecule has 74 valence electrons. The molecule has 0 saturated carbocycles. The van der Waals surface area contributed by atoms with Crippen molar-refractivity contribution < 1.29 is 5.11 Å². The number of anilines is 1. The van der Waals surface area contributed by atoms with Crippen molar-refractivity contribution in [2.45, 2.75) is 13.0 Å². The summed E-state index contributed by atoms with van der Waals surface area (Å²) in [6.45, 7) is 2.28. The maximum Gasteiger partial charge on any atom is 0.134 e. The van der Waals surface area contributed by atoms with Gasteiger partial charge in [-0.1, -0.05) is 0 Å². The van der Waals surface area contributed by atoms with E-state index >= 15 is 0 Å². The number of aliphatic hydroxyl groups is 1. The van der Waals surface area contributed by atoms with E-state index in [0.29, 0.717) is 6.54 Å². The number of hydrogen-bond donors (Lipinski definition) is 2. The summed E-state index contributed by atoms with van der Waals surface area (Å²) < 4.78 is 1.22. The van der Waals surface area contributed by atoms with Crippen molar-refractivity contribution in [2.75, 3.05) is 11.9 Å². The molecule has 2 N–H and O–H groups in total. The van der Waals surface area contributed by atoms with Gasteiger partial charge in [0.25, 0.3) is 0 Å². The van der Waals surface area contributed by atoms with Crippen molar-refractivity contribution in [3.8, 4) is 0 Å². The van der Waals surface area contributed by atoms with E-state index in [2.05, 4.69) is 10.3 Å². The highest BCUT2D eigenvalue weighted by atomic mass is 32.1. The molecule has 0 aliphatic carbocycles. The molecule has 2 aromatic heterocycles. The number of pyridine rings is 1. The molecule has 0 saturated heterocycles. The van der Waals surface area contributed by atoms with Gasteiger partial charge in [0.1, 0.15) is 5.82 Å². The molecule has 0 aromatic carbocycles. The number of fused-ring (bicyclic) bond motifs is 1. The SMILES string of the molecule is C[C@H](O)CNc1nccc2sccc12. The minimum Gasteiger partial charge on any atom is -0.392 e. The summed E-state index contributed by atoms with van der Waals surface area (Å²) in [6.07, 6.45) is 1.43. The average Bonchev–Trinajstić information content (AvgIpc) is 2.62. The third-order valence-electron chi connectivity index (χ3n) is 1.94. The zero-order chi connectivity index (χ0) is 9.97. The van der Waals surface area contributed by atoms with Gasteiger partial charge in [-0.15, -0.1) is 11.3 Å². The lowest BCUT2D eigenvalue weighted by Gasteiger charge is -2.07. The smallest absolute Gasteiger partial charge is 0.134 e. The zero-order valence-electron chi connectivity index (χ0n) is 7.90. The molecular formula is C10H12N2OS. The van der Waals surface area contributed by atoms with Gasteiger partial charge in [0, 0.05) is 22.8 Å². The highest BCUT2D eigenvalue weighted by Crippen LogP contribution is 2.25. The monoisotopic (exact) mass is 208 g/mol. The molecule has 3 nitrogen and oxygen atoms in total. The second-order valence-electron chi connectivity index (χ2n) is 3.22. The van der Waals surface area contributed by atoms with Crippen LogP contribution < -0.4 is 5.32 Å². The molecule has 14 heavy (non-hydrogen) atoms. The maximum atomic E-state index is 9.15. The normalized spacial score (nSPS) is 13.0. The first-order valence-corrected chi connectivity index (χ1v) is 5.39. The lowest BCUT2D eigenvalue weighted by molar-refractivity contribution is 0.208. The van der Waals surface area contributed by atoms with Gasteiger partial charge < -0.3 is 10.4 Å². The Morgan fingerprint density at radius 1 is 1.57 bits per heavy atom. The number of hydrogen-bond acceptors (Lipinski definition) is 4. The molecule has 0 fully saturated rings. The largest absolute Gasteiger partial charge is 0.392 e. The molecular weight excluding hydrogens is 196 g/mol. The summed E-state index contributed by atoms with van der Waals surface area (Å²) in [4.78, 5) is 4.24. The van der Waals surface area contributed by atoms with E-state index in [4.69, 9.17) is 5.11 Å². The standard InChI is InChI=1S/C10H12N2OS/c1-7(13)6-12-10-8-3-5-14-9(8)2-4-11-10/h2-5,7,13H,6H2,1H3,(H,11,12)/t7-/m0/s1. The lowest BCUT2D eigenvalue weighted by Crippen LogP contribution is -2.15. The van der Waals surface area contributed by atoms with Crippen LogP contribution in [0.2, 0.25) is 0 Å². The van der Waals surface area contributed by atoms with Crippen LogP contribution in [0.4, 0.5) is 5.82 Å². The molecule has 4 heteroatoms. The topological polar surface area (TPSA) is 45.1 Å². The minimum atomic E-state index is -0.356. The maximum absolute atomic E-state index is 9.15. The average molecular weight is 208 g/mol. The van der Waals surface area contributed by atoms with Gasteiger partial charge in [-0.25, -0.2) is 4.98 Å². The highest BCUT2D eigenvalue weighted by molar-refractivity contribution is 7.17. The number of nitrogens with one attached hydrogen (secondary N) is 1. The Kier molecular flexibility index (Phi) is 2.65. The van der Waals surface area contributed by atoms with Crippen LogP contribution in [0.5, 0.6) is 0 Å². The predicted molar refractivity (Wildman–Crippen MR) is 59.8 cm³/mol. The van der Waals surface area contributed by atoms with Crippen LogP contribution in [0.3, 0.4) is 0 Å². The minimum absolute atomic E-state index is 0.356. The van der Waals surface area contributed by atoms with Gasteiger partial charge >= 0.3 is 0 Å². The van der Waals surface area contributed by atoms with E-state index < -0.39 is 0 Å². The molecule has 0 unspecified atom stereocenters. The van der Waals surface area contributed by atoms with Crippen molar-refractivity contribution in [1.29, 1.82) is 0 Å². The second kappa shape index (κ2) is 3.94. The molecule has 1 atom stereocenters. The third kappa shape index (κ3) is 1.86. The first-order chi connectivity index (χ1) is 6.77. The predicted octanol–water partition coefficient (Wildman–Crippen LogP) is 2.09. The van der Waals surface area contributed by atoms with E-state index in [-0.39, 0.29) is 6.10 Å². The molecule has 0 radical (unpaired) electrons. The number of aliphatic hydroxyl groups excluding tert-OH is 1. The number of nitrogens with zero attached hydrogens (tertiary/aromatic N) is 1. The molecule has 0 amide bonds. The first kappa shape index (κ1) is 9.43. The fourth-order valence-electron chi connectivity index (χ4n) is 1.28. The highest BCUT2D eigenvalue weighted by Gasteiger charge is 2.03. The third-order valence-corrected chi connectivity index (χ3v) is 2.83. The van der Waals surface area contributed by atoms with E-state index in [1.165, 1.54) is 4.70 Å². The number of thiophene rings is 1. The zero-order valence-corrected chi connectivity index (χ0v) is 8.71. The van der Waals surface area contributed by atoms with Gasteiger partial charge in [0.15, 0.2) is 0 Å². The van der Waals surface area contributed by atoms with E-state index in [1.54, 1.807) is 24.5 Å². The Bertz CT molecular complexity index is 425. The summed E-state index contributed by atoms with van der Waals surface area (Å²) in [5, 5.41) is 15.4. The van der Waals surface area contributed by atoms with E-state index in [1.807, 2.05) is 17.5 Å². The van der Waals surface area contributed by atoms with Crippen molar-refractivity contribution in [3.05, 3.63) is 23.7 Å². The van der Waals surface area contributed by atoms with Crippen LogP contribution in [0.25, 0.3) is 10.1 Å². The van der Waals surface area contributed by atoms with Crippen LogP contribution in [-0.4, -0.2) is 22.7 Å². The van der Waals surface area contributed by atoms with Gasteiger partial charge in [0.2, 0.25) is 0 Å². The molecule has 2 aromatic rings. The van der Waals surface area contributed by atoms with Gasteiger partial charge in [0.05, 0.1) is 6.10 Å². The second-order valence-corrected chi connectivity index (χ2v) is 4.17. The Morgan fingerprint density at radius 3 is 3.21 bits per heavy atom. The van der Waals surface area contributed by atoms with Crippen molar-refractivity contribution in [1.82, 2.24) is 4.98 Å². The number of rotatable bonds is 3. The van der Waals surface area contributed by atoms with E-state index in [9.17, 15) is 0 Å². The van der Waals surface area contributed by atoms with Crippen LogP contribution in [0, 0.1) is 0 Å². The van der Waals surface area contributed by atoms with Gasteiger partial charge in [-0.3, -0.25) is 0 Å². The first-order valence-electron chi connectivity index (χ1n) is 4.51. The van der Waals surface area contributed by atoms with Crippen LogP contribution in [0.15, 0.2) is 23.7 Å². The molecule has 0 spiro atoms. The fourth-order valence-corrected chi connectivity index (χ4v) is 2.06. The van der Waals surface area contributed by atoms with Crippen molar-refractivity contribution in [2.24, 2.45) is 0 Å². The van der Waals surface area contributed by atoms with Gasteiger partial charge in [-0.2, -0.15) is 0 Å². The Morgan fingerprint density at radius 2 is 2.43 bits per heavy atom. The molecule has 0 aliphatic rings. The Hall–Kier alpha value is -1.13.